The zero-order valence-corrected chi connectivity index (χ0v) is 21.6. The average molecular weight is 571 g/mol. The van der Waals surface area contributed by atoms with Gasteiger partial charge in [0, 0.05) is 6.42 Å². The average Bonchev–Trinajstić information content (AvgIpc) is 3.27. The molecule has 0 bridgehead atoms. The third-order valence-electron chi connectivity index (χ3n) is 5.74. The van der Waals surface area contributed by atoms with Crippen molar-refractivity contribution in [2.45, 2.75) is 30.8 Å². The van der Waals surface area contributed by atoms with E-state index in [9.17, 15) is 23.1 Å². The molecule has 1 aromatic heterocycles. The van der Waals surface area contributed by atoms with Gasteiger partial charge in [0.05, 0.1) is 27.0 Å². The lowest BCUT2D eigenvalue weighted by molar-refractivity contribution is -0.170. The number of nitrogens with two attached hydrogens (primary N) is 1. The van der Waals surface area contributed by atoms with E-state index in [0.29, 0.717) is 33.8 Å². The van der Waals surface area contributed by atoms with Gasteiger partial charge < -0.3 is 34.1 Å². The van der Waals surface area contributed by atoms with Gasteiger partial charge in [-0.3, -0.25) is 9.09 Å². The van der Waals surface area contributed by atoms with Crippen molar-refractivity contribution in [2.75, 3.05) is 26.6 Å². The lowest BCUT2D eigenvalue weighted by Gasteiger charge is -2.29. The molecule has 39 heavy (non-hydrogen) atoms. The third-order valence-corrected chi connectivity index (χ3v) is 6.80. The molecule has 1 aliphatic heterocycles. The van der Waals surface area contributed by atoms with E-state index in [-0.39, 0.29) is 0 Å². The summed E-state index contributed by atoms with van der Waals surface area (Å²) >= 11 is 0. The van der Waals surface area contributed by atoms with Crippen LogP contribution in [0, 0.1) is 5.82 Å². The molecule has 2 heterocycles. The van der Waals surface area contributed by atoms with Crippen LogP contribution in [0.15, 0.2) is 59.5 Å². The van der Waals surface area contributed by atoms with Crippen LogP contribution in [0.5, 0.6) is 23.0 Å². The topological polar surface area (TPSA) is 137 Å². The zero-order valence-electron chi connectivity index (χ0n) is 20.7. The van der Waals surface area contributed by atoms with Crippen LogP contribution in [-0.2, 0) is 9.26 Å². The van der Waals surface area contributed by atoms with Crippen LogP contribution in [0.25, 0.3) is 0 Å². The largest absolute Gasteiger partial charge is 0.497 e. The maximum atomic E-state index is 14.4. The lowest BCUT2D eigenvalue weighted by atomic mass is 10.0. The quantitative estimate of drug-likeness (QED) is 0.328. The smallest absolute Gasteiger partial charge is 0.463 e. The summed E-state index contributed by atoms with van der Waals surface area (Å²) in [6.07, 6.45) is -6.50. The van der Waals surface area contributed by atoms with E-state index < -0.39 is 63.3 Å². The van der Waals surface area contributed by atoms with Gasteiger partial charge in [-0.15, -0.1) is 0 Å². The van der Waals surface area contributed by atoms with Crippen LogP contribution in [0.2, 0.25) is 0 Å². The van der Waals surface area contributed by atoms with E-state index in [1.165, 1.54) is 14.2 Å². The fourth-order valence-corrected chi connectivity index (χ4v) is 4.73. The van der Waals surface area contributed by atoms with Crippen molar-refractivity contribution in [1.82, 2.24) is 9.55 Å². The van der Waals surface area contributed by atoms with Crippen LogP contribution in [0.1, 0.15) is 12.6 Å². The first-order valence-electron chi connectivity index (χ1n) is 11.4. The molecule has 15 heteroatoms. The number of aromatic nitrogens is 2. The number of nitrogens with zero attached hydrogens (tertiary/aromatic N) is 2. The van der Waals surface area contributed by atoms with Crippen LogP contribution in [0.4, 0.5) is 19.0 Å². The summed E-state index contributed by atoms with van der Waals surface area (Å²) < 4.78 is 76.2. The first kappa shape index (κ1) is 28.4. The van der Waals surface area contributed by atoms with Crippen molar-refractivity contribution < 1.29 is 46.1 Å². The Kier molecular flexibility index (Phi) is 8.80. The minimum absolute atomic E-state index is 0.293. The Morgan fingerprint density at radius 1 is 1.08 bits per heavy atom. The van der Waals surface area contributed by atoms with Crippen LogP contribution < -0.4 is 29.9 Å². The molecule has 11 nitrogen and oxygen atoms in total. The molecule has 210 valence electrons. The van der Waals surface area contributed by atoms with E-state index in [0.717, 1.165) is 0 Å². The van der Waals surface area contributed by atoms with Crippen molar-refractivity contribution in [3.63, 3.8) is 0 Å². The third kappa shape index (κ3) is 6.53. The molecule has 3 unspecified atom stereocenters. The summed E-state index contributed by atoms with van der Waals surface area (Å²) in [7, 11) is 0.643. The number of alkyl halides is 2. The van der Waals surface area contributed by atoms with Crippen molar-refractivity contribution in [3.05, 3.63) is 71.0 Å². The van der Waals surface area contributed by atoms with Crippen molar-refractivity contribution in [1.29, 1.82) is 0 Å². The summed E-state index contributed by atoms with van der Waals surface area (Å²) in [4.78, 5) is 15.5. The maximum absolute atomic E-state index is 14.4. The molecule has 1 aliphatic rings. The van der Waals surface area contributed by atoms with E-state index in [2.05, 4.69) is 4.98 Å². The number of hydrogen-bond donors (Lipinski definition) is 2. The minimum atomic E-state index is -3.18. The molecule has 1 saturated heterocycles. The normalized spacial score (nSPS) is 20.8. The molecular formula is C24H25F3N3O8P. The van der Waals surface area contributed by atoms with Gasteiger partial charge in [-0.1, -0.05) is 0 Å². The highest BCUT2D eigenvalue weighted by atomic mass is 31.2. The van der Waals surface area contributed by atoms with Crippen LogP contribution in [0.3, 0.4) is 0 Å². The Bertz CT molecular complexity index is 1270. The predicted molar refractivity (Wildman–Crippen MR) is 132 cm³/mol. The fraction of sp³-hybridized carbons (Fsp3) is 0.333. The van der Waals surface area contributed by atoms with Crippen molar-refractivity contribution >= 4 is 14.4 Å². The number of benzene rings is 2. The molecule has 3 aromatic rings. The van der Waals surface area contributed by atoms with Gasteiger partial charge in [0.2, 0.25) is 0 Å². The zero-order chi connectivity index (χ0) is 28.2. The highest BCUT2D eigenvalue weighted by Crippen LogP contribution is 2.47. The first-order valence-corrected chi connectivity index (χ1v) is 12.5. The maximum Gasteiger partial charge on any atom is 0.463 e. The highest BCUT2D eigenvalue weighted by Gasteiger charge is 2.54. The Balaban J connectivity index is 1.55. The second-order valence-electron chi connectivity index (χ2n) is 8.34. The fourth-order valence-electron chi connectivity index (χ4n) is 3.68. The van der Waals surface area contributed by atoms with Crippen molar-refractivity contribution in [3.8, 4) is 23.0 Å². The molecule has 4 rings (SSSR count). The van der Waals surface area contributed by atoms with Gasteiger partial charge >= 0.3 is 14.3 Å². The number of nitrogen functional groups attached to an aromatic ring is 1. The molecule has 0 spiro atoms. The van der Waals surface area contributed by atoms with Gasteiger partial charge in [0.1, 0.15) is 29.1 Å². The summed E-state index contributed by atoms with van der Waals surface area (Å²) in [6, 6.07) is 12.8. The predicted octanol–water partition coefficient (Wildman–Crippen LogP) is 3.67. The number of aliphatic hydroxyl groups is 1. The summed E-state index contributed by atoms with van der Waals surface area (Å²) in [6.45, 7) is -0.810. The minimum Gasteiger partial charge on any atom is -0.497 e. The Labute approximate surface area is 221 Å². The molecule has 1 fully saturated rings. The van der Waals surface area contributed by atoms with Gasteiger partial charge in [0.15, 0.2) is 23.5 Å². The number of hydrogen-bond acceptors (Lipinski definition) is 10. The molecule has 2 aromatic carbocycles. The molecule has 0 aliphatic carbocycles. The second-order valence-corrected chi connectivity index (χ2v) is 9.41. The number of halogens is 3. The molecular weight excluding hydrogens is 546 g/mol. The van der Waals surface area contributed by atoms with E-state index >= 15 is 0 Å². The number of rotatable bonds is 11. The van der Waals surface area contributed by atoms with E-state index in [1.54, 1.807) is 48.5 Å². The Morgan fingerprint density at radius 2 is 1.59 bits per heavy atom. The Morgan fingerprint density at radius 3 is 2.08 bits per heavy atom. The monoisotopic (exact) mass is 571 g/mol. The number of aliphatic hydroxyl groups excluding tert-OH is 1. The second kappa shape index (κ2) is 12.1. The van der Waals surface area contributed by atoms with Crippen LogP contribution in [-0.4, -0.2) is 53.6 Å². The Hall–Kier alpha value is -3.58. The lowest BCUT2D eigenvalue weighted by Crippen LogP contribution is -2.42. The van der Waals surface area contributed by atoms with E-state index in [4.69, 9.17) is 33.5 Å². The summed E-state index contributed by atoms with van der Waals surface area (Å²) in [5.41, 5.74) is 1.80. The van der Waals surface area contributed by atoms with Crippen molar-refractivity contribution in [2.24, 2.45) is 0 Å². The molecule has 0 radical (unpaired) electrons. The van der Waals surface area contributed by atoms with Gasteiger partial charge in [0.25, 0.3) is 6.43 Å². The summed E-state index contributed by atoms with van der Waals surface area (Å²) in [5, 5.41) is 10.5. The van der Waals surface area contributed by atoms with Gasteiger partial charge in [-0.05, 0) is 48.5 Å². The molecule has 3 atom stereocenters. The SMILES string of the molecule is COc1ccc(OP(OCC2(C(F)F)CC(O)C(n3cc(F)c(N)nc3=O)O2)Oc2ccc(OC)cc2)cc1. The molecule has 3 N–H and O–H groups in total. The first-order chi connectivity index (χ1) is 18.6. The summed E-state index contributed by atoms with van der Waals surface area (Å²) in [5.74, 6) is -0.0553. The standard InChI is InChI=1S/C24H25F3N3O8P/c1-33-14-3-7-16(8-4-14)37-39(38-17-9-5-15(34-2)6-10-17)35-13-24(22(26)27)11-19(31)21(36-24)30-12-18(25)20(28)29-23(30)32/h3-10,12,19,21-22,31H,11,13H2,1-2H3,(H2,28,29,32). The molecule has 0 amide bonds. The molecule has 0 saturated carbocycles. The number of anilines is 1. The number of methoxy groups -OCH3 is 2. The van der Waals surface area contributed by atoms with E-state index in [1.807, 2.05) is 0 Å². The van der Waals surface area contributed by atoms with Crippen LogP contribution >= 0.6 is 8.60 Å². The van der Waals surface area contributed by atoms with Gasteiger partial charge in [-0.2, -0.15) is 4.98 Å². The van der Waals surface area contributed by atoms with Gasteiger partial charge in [-0.25, -0.2) is 18.0 Å². The number of ether oxygens (including phenoxy) is 3. The highest BCUT2D eigenvalue weighted by molar-refractivity contribution is 7.42.